The van der Waals surface area contributed by atoms with Crippen molar-refractivity contribution in [3.05, 3.63) is 10.4 Å². The van der Waals surface area contributed by atoms with Crippen molar-refractivity contribution in [2.45, 2.75) is 50.5 Å². The summed E-state index contributed by atoms with van der Waals surface area (Å²) in [6.45, 7) is 2.72. The molecule has 1 aliphatic heterocycles. The van der Waals surface area contributed by atoms with Gasteiger partial charge in [-0.2, -0.15) is 0 Å². The highest BCUT2D eigenvalue weighted by molar-refractivity contribution is 4.91. The highest BCUT2D eigenvalue weighted by Crippen LogP contribution is 2.33. The van der Waals surface area contributed by atoms with E-state index in [-0.39, 0.29) is 13.0 Å². The minimum atomic E-state index is -1.56. The number of hydrogen-bond acceptors (Lipinski definition) is 6. The lowest BCUT2D eigenvalue weighted by atomic mass is 9.85. The average Bonchev–Trinajstić information content (AvgIpc) is 2.29. The van der Waals surface area contributed by atoms with Crippen LogP contribution in [-0.4, -0.2) is 57.2 Å². The number of ether oxygens (including phenoxy) is 1. The van der Waals surface area contributed by atoms with Crippen LogP contribution in [0.15, 0.2) is 5.11 Å². The summed E-state index contributed by atoms with van der Waals surface area (Å²) in [7, 11) is 0. The Morgan fingerprint density at radius 2 is 2.17 bits per heavy atom. The van der Waals surface area contributed by atoms with E-state index >= 15 is 0 Å². The van der Waals surface area contributed by atoms with Gasteiger partial charge in [-0.05, 0) is 12.5 Å². The van der Waals surface area contributed by atoms with Crippen LogP contribution >= 0.6 is 0 Å². The number of hydrogen-bond donors (Lipinski definition) is 4. The zero-order valence-electron chi connectivity index (χ0n) is 10.3. The minimum Gasteiger partial charge on any atom is -0.393 e. The van der Waals surface area contributed by atoms with Crippen LogP contribution in [0.1, 0.15) is 20.3 Å². The molecule has 4 unspecified atom stereocenters. The minimum absolute atomic E-state index is 0.0316. The topological polar surface area (TPSA) is 139 Å². The fourth-order valence-corrected chi connectivity index (χ4v) is 2.07. The first-order chi connectivity index (χ1) is 8.28. The van der Waals surface area contributed by atoms with Gasteiger partial charge in [0.1, 0.15) is 6.10 Å². The summed E-state index contributed by atoms with van der Waals surface area (Å²) in [6, 6.07) is 0. The van der Waals surface area contributed by atoms with Gasteiger partial charge in [0.05, 0.1) is 24.9 Å². The molecule has 0 bridgehead atoms. The molecule has 0 aromatic rings. The summed E-state index contributed by atoms with van der Waals surface area (Å²) < 4.78 is 5.27. The molecular formula is C10H19N3O5. The van der Waals surface area contributed by atoms with Crippen molar-refractivity contribution in [3.63, 3.8) is 0 Å². The summed E-state index contributed by atoms with van der Waals surface area (Å²) in [5.41, 5.74) is 8.14. The van der Waals surface area contributed by atoms with Gasteiger partial charge in [-0.1, -0.05) is 12.0 Å². The van der Waals surface area contributed by atoms with E-state index in [0.717, 1.165) is 0 Å². The summed E-state index contributed by atoms with van der Waals surface area (Å²) in [5, 5.41) is 42.2. The van der Waals surface area contributed by atoms with Gasteiger partial charge < -0.3 is 25.2 Å². The normalized spacial score (nSPS) is 39.8. The molecule has 0 aromatic carbocycles. The van der Waals surface area contributed by atoms with Gasteiger partial charge in [-0.3, -0.25) is 0 Å². The number of rotatable bonds is 4. The van der Waals surface area contributed by atoms with E-state index in [1.807, 2.05) is 0 Å². The third kappa shape index (κ3) is 3.55. The van der Waals surface area contributed by atoms with Gasteiger partial charge in [0.15, 0.2) is 5.79 Å². The van der Waals surface area contributed by atoms with Crippen molar-refractivity contribution in [3.8, 4) is 0 Å². The first kappa shape index (κ1) is 15.2. The lowest BCUT2D eigenvalue weighted by Gasteiger charge is -2.44. The first-order valence-electron chi connectivity index (χ1n) is 5.73. The summed E-state index contributed by atoms with van der Waals surface area (Å²) in [5.74, 6) is -2.02. The van der Waals surface area contributed by atoms with Crippen LogP contribution in [-0.2, 0) is 4.74 Å². The van der Waals surface area contributed by atoms with E-state index in [1.165, 1.54) is 6.92 Å². The van der Waals surface area contributed by atoms with Crippen LogP contribution in [0.3, 0.4) is 0 Å². The van der Waals surface area contributed by atoms with Gasteiger partial charge in [0, 0.05) is 17.3 Å². The number of azide groups is 1. The number of nitrogens with zero attached hydrogens (tertiary/aromatic N) is 3. The molecule has 0 radical (unpaired) electrons. The van der Waals surface area contributed by atoms with Crippen LogP contribution < -0.4 is 0 Å². The van der Waals surface area contributed by atoms with E-state index in [1.54, 1.807) is 6.92 Å². The molecule has 0 saturated carbocycles. The second-order valence-corrected chi connectivity index (χ2v) is 4.86. The van der Waals surface area contributed by atoms with E-state index in [2.05, 4.69) is 10.0 Å². The van der Waals surface area contributed by atoms with Crippen molar-refractivity contribution >= 4 is 0 Å². The third-order valence-corrected chi connectivity index (χ3v) is 3.17. The Balaban J connectivity index is 2.75. The molecule has 104 valence electrons. The maximum Gasteiger partial charge on any atom is 0.165 e. The highest BCUT2D eigenvalue weighted by atomic mass is 16.6. The number of aliphatic hydroxyl groups excluding tert-OH is 3. The average molecular weight is 261 g/mol. The maximum absolute atomic E-state index is 9.91. The molecule has 0 aliphatic carbocycles. The Hall–Kier alpha value is -0.890. The maximum atomic E-state index is 9.91. The molecule has 1 fully saturated rings. The molecule has 18 heavy (non-hydrogen) atoms. The van der Waals surface area contributed by atoms with Crippen LogP contribution in [0.25, 0.3) is 10.4 Å². The van der Waals surface area contributed by atoms with Crippen molar-refractivity contribution in [2.24, 2.45) is 11.0 Å². The Bertz CT molecular complexity index is 331. The third-order valence-electron chi connectivity index (χ3n) is 3.17. The van der Waals surface area contributed by atoms with Crippen LogP contribution in [0.4, 0.5) is 0 Å². The van der Waals surface area contributed by atoms with Crippen LogP contribution in [0.5, 0.6) is 0 Å². The van der Waals surface area contributed by atoms with Crippen LogP contribution in [0.2, 0.25) is 0 Å². The van der Waals surface area contributed by atoms with Gasteiger partial charge in [-0.25, -0.2) is 0 Å². The molecule has 8 heteroatoms. The largest absolute Gasteiger partial charge is 0.393 e. The standard InChI is InChI=1S/C10H19N3O5/c1-5-6(14)3-10(2,17)18-9(5)8(16)7(15)4-12-13-11/h5-9,14-17H,3-4H2,1-2H3/t5-,6?,7?,8?,9?,10+/m1/s1. The summed E-state index contributed by atoms with van der Waals surface area (Å²) in [4.78, 5) is 2.48. The van der Waals surface area contributed by atoms with Crippen molar-refractivity contribution in [2.75, 3.05) is 6.54 Å². The fraction of sp³-hybridized carbons (Fsp3) is 1.00. The van der Waals surface area contributed by atoms with Crippen molar-refractivity contribution in [1.82, 2.24) is 0 Å². The predicted octanol–water partition coefficient (Wildman–Crippen LogP) is -0.487. The lowest BCUT2D eigenvalue weighted by Crippen LogP contribution is -2.56. The molecule has 1 rings (SSSR count). The highest BCUT2D eigenvalue weighted by Gasteiger charge is 2.45. The molecule has 0 spiro atoms. The molecular weight excluding hydrogens is 242 g/mol. The Morgan fingerprint density at radius 1 is 1.56 bits per heavy atom. The van der Waals surface area contributed by atoms with E-state index in [0.29, 0.717) is 0 Å². The molecule has 0 amide bonds. The van der Waals surface area contributed by atoms with Crippen molar-refractivity contribution < 1.29 is 25.2 Å². The Labute approximate surface area is 104 Å². The predicted molar refractivity (Wildman–Crippen MR) is 61.3 cm³/mol. The monoisotopic (exact) mass is 261 g/mol. The SMILES string of the molecule is C[C@@H]1C(O)C[C@@](C)(O)OC1C(O)C(O)CN=[N+]=[N-]. The van der Waals surface area contributed by atoms with E-state index in [9.17, 15) is 20.4 Å². The van der Waals surface area contributed by atoms with Gasteiger partial charge >= 0.3 is 0 Å². The first-order valence-corrected chi connectivity index (χ1v) is 5.73. The molecule has 0 aromatic heterocycles. The quantitative estimate of drug-likeness (QED) is 0.307. The van der Waals surface area contributed by atoms with E-state index < -0.39 is 36.1 Å². The molecule has 1 heterocycles. The second kappa shape index (κ2) is 5.83. The molecule has 1 saturated heterocycles. The Morgan fingerprint density at radius 3 is 2.72 bits per heavy atom. The van der Waals surface area contributed by atoms with Crippen LogP contribution in [0, 0.1) is 5.92 Å². The lowest BCUT2D eigenvalue weighted by molar-refractivity contribution is -0.299. The summed E-state index contributed by atoms with van der Waals surface area (Å²) >= 11 is 0. The smallest absolute Gasteiger partial charge is 0.165 e. The number of aliphatic hydroxyl groups is 4. The van der Waals surface area contributed by atoms with Crippen molar-refractivity contribution in [1.29, 1.82) is 0 Å². The second-order valence-electron chi connectivity index (χ2n) is 4.86. The fourth-order valence-electron chi connectivity index (χ4n) is 2.07. The molecule has 8 nitrogen and oxygen atoms in total. The molecule has 4 N–H and O–H groups in total. The van der Waals surface area contributed by atoms with E-state index in [4.69, 9.17) is 10.3 Å². The summed E-state index contributed by atoms with van der Waals surface area (Å²) in [6.07, 6.45) is -4.42. The zero-order chi connectivity index (χ0) is 13.9. The Kier molecular flexibility index (Phi) is 4.92. The molecule has 1 aliphatic rings. The molecule has 6 atom stereocenters. The van der Waals surface area contributed by atoms with Gasteiger partial charge in [-0.15, -0.1) is 0 Å². The van der Waals surface area contributed by atoms with Gasteiger partial charge in [0.2, 0.25) is 0 Å². The van der Waals surface area contributed by atoms with Gasteiger partial charge in [0.25, 0.3) is 0 Å². The zero-order valence-corrected chi connectivity index (χ0v) is 10.3.